The normalized spacial score (nSPS) is 16.0. The van der Waals surface area contributed by atoms with Crippen molar-refractivity contribution in [1.29, 1.82) is 0 Å². The lowest BCUT2D eigenvalue weighted by molar-refractivity contribution is -0.571. The quantitative estimate of drug-likeness (QED) is 0.101. The van der Waals surface area contributed by atoms with Crippen molar-refractivity contribution < 1.29 is 40.8 Å². The number of pyridine rings is 1. The van der Waals surface area contributed by atoms with Gasteiger partial charge in [0.25, 0.3) is 6.33 Å². The number of nitrogens with zero attached hydrogens (tertiary/aromatic N) is 4. The molecule has 10 aromatic carbocycles. The van der Waals surface area contributed by atoms with E-state index >= 15 is 0 Å². The molecule has 0 aliphatic rings. The van der Waals surface area contributed by atoms with Crippen LogP contribution in [-0.4, -0.2) is 14.1 Å². The Balaban J connectivity index is 1.16. The number of hydrogen-bond donors (Lipinski definition) is 0. The van der Waals surface area contributed by atoms with Gasteiger partial charge in [0.1, 0.15) is 17.3 Å². The maximum Gasteiger partial charge on any atom is 0.269 e. The standard InChI is InChI=1S/C74H60N4O/c1-73(2,3)58-38-39-75-71(46-58)78-67-33-20-19-32-63(67)64-36-35-62(48-69(64)78)79-61-31-21-30-60(47-61)76-49-77(68-37-34-54(43-70(68)76)50-22-11-7-12-23-50)72-65(53-28-17-10-18-29-53)44-59(74(4,5)6)45-66(72)57-41-55(51-24-13-8-14-25-51)40-56(42-57)52-26-15-9-16-27-52/h7-48H,1-6H3/i7D,8D,9D,10D,11D,12D,13D,14D,15D,16D,17D,18D,22D,23D,24D,25D,26D,27D,28D,29D,40D,41D,42D. The highest BCUT2D eigenvalue weighted by Crippen LogP contribution is 2.43. The van der Waals surface area contributed by atoms with E-state index in [1.807, 2.05) is 48.5 Å². The molecule has 0 saturated heterocycles. The largest absolute Gasteiger partial charge is 0.458 e. The van der Waals surface area contributed by atoms with E-state index in [0.717, 1.165) is 27.4 Å². The number of hydrogen-bond acceptors (Lipinski definition) is 2. The van der Waals surface area contributed by atoms with E-state index in [0.29, 0.717) is 17.1 Å². The number of para-hydroxylation sites is 1. The van der Waals surface area contributed by atoms with Gasteiger partial charge < -0.3 is 4.74 Å². The molecule has 0 aliphatic carbocycles. The molecule has 0 spiro atoms. The van der Waals surface area contributed by atoms with Crippen molar-refractivity contribution in [3.8, 4) is 84.3 Å². The molecular weight excluding hydrogens is 961 g/mol. The van der Waals surface area contributed by atoms with Gasteiger partial charge in [0.15, 0.2) is 0 Å². The van der Waals surface area contributed by atoms with E-state index in [2.05, 4.69) is 37.7 Å². The first-order valence-electron chi connectivity index (χ1n) is 36.9. The number of aromatic nitrogens is 4. The third-order valence-corrected chi connectivity index (χ3v) is 13.7. The van der Waals surface area contributed by atoms with Crippen molar-refractivity contribution in [2.75, 3.05) is 0 Å². The van der Waals surface area contributed by atoms with E-state index in [-0.39, 0.29) is 55.8 Å². The first-order chi connectivity index (χ1) is 48.0. The highest BCUT2D eigenvalue weighted by atomic mass is 16.5. The van der Waals surface area contributed by atoms with Gasteiger partial charge in [0.2, 0.25) is 0 Å². The van der Waals surface area contributed by atoms with Crippen molar-refractivity contribution >= 4 is 32.8 Å². The fourth-order valence-electron chi connectivity index (χ4n) is 9.78. The van der Waals surface area contributed by atoms with Crippen LogP contribution in [0.5, 0.6) is 11.5 Å². The average molecular weight is 1040 g/mol. The Labute approximate surface area is 495 Å². The van der Waals surface area contributed by atoms with Crippen molar-refractivity contribution in [3.05, 3.63) is 272 Å². The van der Waals surface area contributed by atoms with Crippen LogP contribution in [-0.2, 0) is 10.8 Å². The third kappa shape index (κ3) is 9.38. The number of fused-ring (bicyclic) bond motifs is 4. The molecule has 0 N–H and O–H groups in total. The van der Waals surface area contributed by atoms with Gasteiger partial charge in [-0.25, -0.2) is 4.98 Å². The lowest BCUT2D eigenvalue weighted by Crippen LogP contribution is -2.32. The summed E-state index contributed by atoms with van der Waals surface area (Å²) < 4.78 is 223. The second kappa shape index (κ2) is 19.8. The third-order valence-electron chi connectivity index (χ3n) is 13.7. The summed E-state index contributed by atoms with van der Waals surface area (Å²) in [5.74, 6) is 1.36. The average Bonchev–Trinajstić information content (AvgIpc) is 0.762. The smallest absolute Gasteiger partial charge is 0.269 e. The first kappa shape index (κ1) is 29.8. The molecule has 0 radical (unpaired) electrons. The molecule has 0 aliphatic heterocycles. The molecule has 0 unspecified atom stereocenters. The van der Waals surface area contributed by atoms with Crippen molar-refractivity contribution in [2.24, 2.45) is 0 Å². The molecule has 5 heteroatoms. The van der Waals surface area contributed by atoms with Gasteiger partial charge in [0.05, 0.1) is 65.0 Å². The maximum absolute atomic E-state index is 10.5. The molecule has 0 saturated carbocycles. The van der Waals surface area contributed by atoms with E-state index in [9.17, 15) is 12.3 Å². The molecular formula is C74H60N4O. The second-order valence-corrected chi connectivity index (χ2v) is 20.9. The highest BCUT2D eigenvalue weighted by Gasteiger charge is 2.26. The lowest BCUT2D eigenvalue weighted by Gasteiger charge is -2.26. The molecule has 0 fully saturated rings. The molecule has 0 bridgehead atoms. The molecule has 3 heterocycles. The summed E-state index contributed by atoms with van der Waals surface area (Å²) in [4.78, 5) is 4.84. The van der Waals surface area contributed by atoms with Crippen LogP contribution in [0, 0.1) is 6.33 Å². The van der Waals surface area contributed by atoms with Crippen LogP contribution in [0.15, 0.2) is 254 Å². The van der Waals surface area contributed by atoms with Gasteiger partial charge in [-0.3, -0.25) is 13.7 Å². The predicted octanol–water partition coefficient (Wildman–Crippen LogP) is 18.9. The zero-order valence-electron chi connectivity index (χ0n) is 66.7. The van der Waals surface area contributed by atoms with Gasteiger partial charge in [-0.15, -0.1) is 0 Å². The summed E-state index contributed by atoms with van der Waals surface area (Å²) in [6, 6.07) is 13.8. The van der Waals surface area contributed by atoms with Crippen LogP contribution in [0.25, 0.3) is 106 Å². The topological polar surface area (TPSA) is 35.9 Å². The van der Waals surface area contributed by atoms with Gasteiger partial charge in [0, 0.05) is 23.0 Å². The van der Waals surface area contributed by atoms with Crippen molar-refractivity contribution in [1.82, 2.24) is 14.1 Å². The minimum Gasteiger partial charge on any atom is -0.458 e. The fraction of sp³-hybridized carbons (Fsp3) is 0.108. The lowest BCUT2D eigenvalue weighted by atomic mass is 9.81. The Hall–Kier alpha value is -9.58. The van der Waals surface area contributed by atoms with Crippen molar-refractivity contribution in [3.63, 3.8) is 0 Å². The molecule has 0 amide bonds. The fourth-order valence-corrected chi connectivity index (χ4v) is 9.78. The summed E-state index contributed by atoms with van der Waals surface area (Å²) in [6.45, 7) is 11.7. The minimum absolute atomic E-state index is 0.103. The van der Waals surface area contributed by atoms with Gasteiger partial charge in [-0.1, -0.05) is 211 Å². The molecule has 13 aromatic rings. The molecule has 0 atom stereocenters. The molecule has 3 aromatic heterocycles. The SMILES string of the molecule is [2H]c1c([2H])c([2H])c(-c2ccc3c(c2)n(-c2cccc(Oc4ccc5c6ccccc6n(-c6cc(C(C)(C)C)ccn6)c5c4)c2)[c-][n+]3-c2c(-c3c([2H])c([2H])c([2H])c([2H])c3[2H])cc(C(C)(C)C)cc2-c2c([2H])c(-c3c([2H])c([2H])c([2H])c([2H])c3[2H])c([2H])c(-c3c([2H])c([2H])c([2H])c([2H])c3[2H])c2[2H])c([2H])c1[2H]. The van der Waals surface area contributed by atoms with Gasteiger partial charge >= 0.3 is 0 Å². The van der Waals surface area contributed by atoms with E-state index in [1.165, 1.54) is 33.4 Å². The maximum atomic E-state index is 10.5. The van der Waals surface area contributed by atoms with Crippen LogP contribution in [0.3, 0.4) is 0 Å². The molecule has 5 nitrogen and oxygen atoms in total. The monoisotopic (exact) mass is 1040 g/mol. The summed E-state index contributed by atoms with van der Waals surface area (Å²) in [5, 5.41) is 1.89. The first-order valence-corrected chi connectivity index (χ1v) is 25.4. The number of rotatable bonds is 10. The van der Waals surface area contributed by atoms with Crippen LogP contribution in [0.1, 0.15) is 84.2 Å². The number of imidazole rings is 1. The minimum atomic E-state index is -1.00. The zero-order chi connectivity index (χ0) is 73.8. The van der Waals surface area contributed by atoms with Crippen LogP contribution in [0.4, 0.5) is 0 Å². The van der Waals surface area contributed by atoms with Crippen molar-refractivity contribution in [2.45, 2.75) is 52.4 Å². The predicted molar refractivity (Wildman–Crippen MR) is 327 cm³/mol. The summed E-state index contributed by atoms with van der Waals surface area (Å²) in [7, 11) is 0. The van der Waals surface area contributed by atoms with E-state index < -0.39 is 178 Å². The van der Waals surface area contributed by atoms with E-state index in [1.54, 1.807) is 57.3 Å². The summed E-state index contributed by atoms with van der Waals surface area (Å²) in [6.07, 6.45) is 5.19. The van der Waals surface area contributed by atoms with Crippen LogP contribution < -0.4 is 9.30 Å². The number of ether oxygens (including phenoxy) is 1. The Bertz CT molecular complexity index is 5620. The van der Waals surface area contributed by atoms with Crippen LogP contribution >= 0.6 is 0 Å². The van der Waals surface area contributed by atoms with Gasteiger partial charge in [-0.2, -0.15) is 0 Å². The Morgan fingerprint density at radius 1 is 0.456 bits per heavy atom. The van der Waals surface area contributed by atoms with Crippen LogP contribution in [0.2, 0.25) is 0 Å². The zero-order valence-corrected chi connectivity index (χ0v) is 43.7. The Morgan fingerprint density at radius 2 is 1.03 bits per heavy atom. The highest BCUT2D eigenvalue weighted by molar-refractivity contribution is 6.09. The number of benzene rings is 10. The Morgan fingerprint density at radius 3 is 1.67 bits per heavy atom. The summed E-state index contributed by atoms with van der Waals surface area (Å²) in [5.41, 5.74) is -2.23. The second-order valence-electron chi connectivity index (χ2n) is 20.9. The van der Waals surface area contributed by atoms with Gasteiger partial charge in [-0.05, 0) is 150 Å². The molecule has 79 heavy (non-hydrogen) atoms. The molecule has 13 rings (SSSR count). The Kier molecular flexibility index (Phi) is 7.46. The molecule has 382 valence electrons. The summed E-state index contributed by atoms with van der Waals surface area (Å²) >= 11 is 0. The van der Waals surface area contributed by atoms with E-state index in [4.69, 9.17) is 28.9 Å².